The zero-order chi connectivity index (χ0) is 21.7. The smallest absolute Gasteiger partial charge is 0.387 e. The van der Waals surface area contributed by atoms with E-state index in [2.05, 4.69) is 15.2 Å². The summed E-state index contributed by atoms with van der Waals surface area (Å²) < 4.78 is 35.1. The first-order chi connectivity index (χ1) is 14.4. The Hall–Kier alpha value is -3.69. The van der Waals surface area contributed by atoms with Crippen molar-refractivity contribution in [1.82, 2.24) is 15.1 Å². The predicted octanol–water partition coefficient (Wildman–Crippen LogP) is 1.66. The number of aromatic amines is 1. The first-order valence-electron chi connectivity index (χ1n) is 8.99. The molecule has 3 rings (SSSR count). The van der Waals surface area contributed by atoms with Gasteiger partial charge in [0.25, 0.3) is 11.1 Å². The van der Waals surface area contributed by atoms with Gasteiger partial charge in [-0.2, -0.15) is 8.78 Å². The number of nitrogens with one attached hydrogen (secondary N) is 2. The summed E-state index contributed by atoms with van der Waals surface area (Å²) in [5, 5.41) is 5.52. The normalized spacial score (nSPS) is 10.9. The van der Waals surface area contributed by atoms with E-state index in [-0.39, 0.29) is 35.4 Å². The minimum absolute atomic E-state index is 0.0834. The monoisotopic (exact) mass is 419 g/mol. The van der Waals surface area contributed by atoms with Gasteiger partial charge >= 0.3 is 6.61 Å². The number of ether oxygens (including phenoxy) is 2. The number of carbonyl (C=O) groups is 1. The number of hydrogen-bond acceptors (Lipinski definition) is 5. The topological polar surface area (TPSA) is 102 Å². The van der Waals surface area contributed by atoms with Crippen molar-refractivity contribution in [2.45, 2.75) is 19.6 Å². The van der Waals surface area contributed by atoms with Crippen LogP contribution < -0.4 is 25.9 Å². The molecule has 0 radical (unpaired) electrons. The van der Waals surface area contributed by atoms with Gasteiger partial charge in [-0.15, -0.1) is 0 Å². The van der Waals surface area contributed by atoms with Crippen LogP contribution in [0.5, 0.6) is 11.5 Å². The van der Waals surface area contributed by atoms with Crippen molar-refractivity contribution >= 4 is 16.7 Å². The van der Waals surface area contributed by atoms with Gasteiger partial charge in [-0.25, -0.2) is 4.68 Å². The van der Waals surface area contributed by atoms with Gasteiger partial charge in [-0.05, 0) is 36.2 Å². The molecule has 0 bridgehead atoms. The Morgan fingerprint density at radius 2 is 1.87 bits per heavy atom. The van der Waals surface area contributed by atoms with Gasteiger partial charge in [-0.3, -0.25) is 19.5 Å². The third-order valence-corrected chi connectivity index (χ3v) is 4.37. The molecule has 0 fully saturated rings. The molecule has 1 amide bonds. The maximum atomic E-state index is 12.4. The molecule has 0 atom stereocenters. The lowest BCUT2D eigenvalue weighted by Crippen LogP contribution is -2.37. The van der Waals surface area contributed by atoms with Crippen molar-refractivity contribution in [3.8, 4) is 11.5 Å². The molecule has 0 spiro atoms. The Labute approximate surface area is 169 Å². The number of benzene rings is 2. The number of aromatic nitrogens is 2. The standard InChI is InChI=1S/C20H19F2N3O5/c1-29-16-10-12(6-7-15(16)30-20(21)22)8-9-23-17(26)11-25-19(28)14-5-3-2-4-13(14)18(27)24-25/h2-7,10,20H,8-9,11H2,1H3,(H,23,26)(H,24,27). The second kappa shape index (κ2) is 9.21. The van der Waals surface area contributed by atoms with Crippen molar-refractivity contribution in [1.29, 1.82) is 0 Å². The van der Waals surface area contributed by atoms with Crippen LogP contribution in [0.25, 0.3) is 10.8 Å². The molecule has 1 aromatic heterocycles. The second-order valence-electron chi connectivity index (χ2n) is 6.34. The van der Waals surface area contributed by atoms with E-state index >= 15 is 0 Å². The lowest BCUT2D eigenvalue weighted by atomic mass is 10.1. The van der Waals surface area contributed by atoms with Gasteiger partial charge in [0.2, 0.25) is 5.91 Å². The summed E-state index contributed by atoms with van der Waals surface area (Å²) >= 11 is 0. The largest absolute Gasteiger partial charge is 0.493 e. The average Bonchev–Trinajstić information content (AvgIpc) is 2.72. The van der Waals surface area contributed by atoms with Gasteiger partial charge < -0.3 is 14.8 Å². The lowest BCUT2D eigenvalue weighted by Gasteiger charge is -2.12. The number of H-pyrrole nitrogens is 1. The van der Waals surface area contributed by atoms with Crippen molar-refractivity contribution < 1.29 is 23.0 Å². The average molecular weight is 419 g/mol. The Kier molecular flexibility index (Phi) is 6.45. The third kappa shape index (κ3) is 4.83. The molecule has 0 saturated carbocycles. The van der Waals surface area contributed by atoms with Crippen molar-refractivity contribution in [2.24, 2.45) is 0 Å². The number of methoxy groups -OCH3 is 1. The first-order valence-corrected chi connectivity index (χ1v) is 8.99. The fraction of sp³-hybridized carbons (Fsp3) is 0.250. The molecular formula is C20H19F2N3O5. The Morgan fingerprint density at radius 1 is 1.13 bits per heavy atom. The quantitative estimate of drug-likeness (QED) is 0.578. The number of alkyl halides is 2. The highest BCUT2D eigenvalue weighted by molar-refractivity contribution is 5.81. The lowest BCUT2D eigenvalue weighted by molar-refractivity contribution is -0.121. The van der Waals surface area contributed by atoms with Gasteiger partial charge in [0.15, 0.2) is 11.5 Å². The molecule has 158 valence electrons. The minimum Gasteiger partial charge on any atom is -0.493 e. The van der Waals surface area contributed by atoms with Crippen LogP contribution in [0.3, 0.4) is 0 Å². The highest BCUT2D eigenvalue weighted by Gasteiger charge is 2.12. The zero-order valence-electron chi connectivity index (χ0n) is 16.0. The Morgan fingerprint density at radius 3 is 2.57 bits per heavy atom. The summed E-state index contributed by atoms with van der Waals surface area (Å²) in [5.74, 6) is -0.396. The van der Waals surface area contributed by atoms with Crippen LogP contribution in [-0.2, 0) is 17.8 Å². The van der Waals surface area contributed by atoms with E-state index in [1.807, 2.05) is 0 Å². The number of nitrogens with zero attached hydrogens (tertiary/aromatic N) is 1. The number of hydrogen-bond donors (Lipinski definition) is 2. The van der Waals surface area contributed by atoms with Crippen LogP contribution in [-0.4, -0.2) is 36.0 Å². The molecule has 1 heterocycles. The second-order valence-corrected chi connectivity index (χ2v) is 6.34. The molecule has 3 aromatic rings. The van der Waals surface area contributed by atoms with E-state index in [0.29, 0.717) is 6.42 Å². The maximum Gasteiger partial charge on any atom is 0.387 e. The van der Waals surface area contributed by atoms with Crippen molar-refractivity contribution in [2.75, 3.05) is 13.7 Å². The van der Waals surface area contributed by atoms with Gasteiger partial charge in [0, 0.05) is 6.54 Å². The van der Waals surface area contributed by atoms with E-state index in [9.17, 15) is 23.2 Å². The molecule has 8 nitrogen and oxygen atoms in total. The molecule has 0 aliphatic rings. The van der Waals surface area contributed by atoms with Crippen LogP contribution >= 0.6 is 0 Å². The van der Waals surface area contributed by atoms with Crippen molar-refractivity contribution in [3.63, 3.8) is 0 Å². The Balaban J connectivity index is 1.62. The molecule has 0 saturated heterocycles. The Bertz CT molecular complexity index is 1170. The summed E-state index contributed by atoms with van der Waals surface area (Å²) in [7, 11) is 1.33. The number of halogens is 2. The maximum absolute atomic E-state index is 12.4. The number of rotatable bonds is 8. The van der Waals surface area contributed by atoms with Crippen LogP contribution in [0.4, 0.5) is 8.78 Å². The van der Waals surface area contributed by atoms with Gasteiger partial charge in [0.05, 0.1) is 17.9 Å². The van der Waals surface area contributed by atoms with E-state index < -0.39 is 23.6 Å². The molecule has 2 aromatic carbocycles. The molecule has 10 heteroatoms. The highest BCUT2D eigenvalue weighted by atomic mass is 19.3. The van der Waals surface area contributed by atoms with Gasteiger partial charge in [0.1, 0.15) is 6.54 Å². The van der Waals surface area contributed by atoms with Crippen LogP contribution in [0.2, 0.25) is 0 Å². The fourth-order valence-corrected chi connectivity index (χ4v) is 2.96. The predicted molar refractivity (Wildman–Crippen MR) is 105 cm³/mol. The highest BCUT2D eigenvalue weighted by Crippen LogP contribution is 2.29. The zero-order valence-corrected chi connectivity index (χ0v) is 16.0. The van der Waals surface area contributed by atoms with E-state index in [1.54, 1.807) is 18.2 Å². The van der Waals surface area contributed by atoms with E-state index in [0.717, 1.165) is 10.2 Å². The van der Waals surface area contributed by atoms with Crippen LogP contribution in [0.15, 0.2) is 52.1 Å². The SMILES string of the molecule is COc1cc(CCNC(=O)Cn2[nH]c(=O)c3ccccc3c2=O)ccc1OC(F)F. The first kappa shape index (κ1) is 21.0. The molecular weight excluding hydrogens is 400 g/mol. The van der Waals surface area contributed by atoms with E-state index in [4.69, 9.17) is 4.74 Å². The van der Waals surface area contributed by atoms with Crippen molar-refractivity contribution in [3.05, 3.63) is 68.7 Å². The molecule has 0 aliphatic carbocycles. The summed E-state index contributed by atoms with van der Waals surface area (Å²) in [4.78, 5) is 36.7. The summed E-state index contributed by atoms with van der Waals surface area (Å²) in [6, 6.07) is 10.8. The number of fused-ring (bicyclic) bond motifs is 1. The summed E-state index contributed by atoms with van der Waals surface area (Å²) in [6.45, 7) is -3.08. The summed E-state index contributed by atoms with van der Waals surface area (Å²) in [5.41, 5.74) is -0.207. The van der Waals surface area contributed by atoms with Gasteiger partial charge in [-0.1, -0.05) is 18.2 Å². The van der Waals surface area contributed by atoms with Crippen LogP contribution in [0, 0.1) is 0 Å². The third-order valence-electron chi connectivity index (χ3n) is 4.37. The number of carbonyl (C=O) groups excluding carboxylic acids is 1. The molecule has 0 aliphatic heterocycles. The fourth-order valence-electron chi connectivity index (χ4n) is 2.96. The minimum atomic E-state index is -2.96. The van der Waals surface area contributed by atoms with E-state index in [1.165, 1.54) is 31.4 Å². The summed E-state index contributed by atoms with van der Waals surface area (Å²) in [6.07, 6.45) is 0.389. The molecule has 0 unspecified atom stereocenters. The molecule has 30 heavy (non-hydrogen) atoms. The molecule has 2 N–H and O–H groups in total. The van der Waals surface area contributed by atoms with Crippen LogP contribution in [0.1, 0.15) is 5.56 Å². The number of amides is 1.